The van der Waals surface area contributed by atoms with Crippen LogP contribution in [0.15, 0.2) is 29.7 Å². The lowest BCUT2D eigenvalue weighted by atomic mass is 10.2. The molecular formula is C8H8FNO2S. The molecule has 0 saturated heterocycles. The Balaban J connectivity index is 2.88. The van der Waals surface area contributed by atoms with Crippen molar-refractivity contribution in [2.45, 2.75) is 0 Å². The molecule has 0 radical (unpaired) electrons. The van der Waals surface area contributed by atoms with Crippen LogP contribution in [0.2, 0.25) is 0 Å². The van der Waals surface area contributed by atoms with Crippen molar-refractivity contribution in [3.8, 4) is 0 Å². The summed E-state index contributed by atoms with van der Waals surface area (Å²) in [5.74, 6) is -0.368. The number of nitrogens with two attached hydrogens (primary N) is 1. The van der Waals surface area contributed by atoms with Gasteiger partial charge in [-0.05, 0) is 23.8 Å². The zero-order valence-electron chi connectivity index (χ0n) is 6.64. The van der Waals surface area contributed by atoms with Crippen molar-refractivity contribution in [1.29, 1.82) is 0 Å². The predicted molar refractivity (Wildman–Crippen MR) is 48.5 cm³/mol. The molecule has 0 fully saturated rings. The van der Waals surface area contributed by atoms with Gasteiger partial charge in [0, 0.05) is 5.41 Å². The lowest BCUT2D eigenvalue weighted by Gasteiger charge is -1.91. The second kappa shape index (κ2) is 3.68. The Morgan fingerprint density at radius 1 is 1.23 bits per heavy atom. The fourth-order valence-electron chi connectivity index (χ4n) is 0.747. The molecule has 0 aliphatic rings. The van der Waals surface area contributed by atoms with Gasteiger partial charge in [-0.15, -0.1) is 0 Å². The van der Waals surface area contributed by atoms with Crippen LogP contribution in [-0.2, 0) is 10.0 Å². The standard InChI is InChI=1S/C8H8FNO2S/c9-8-3-1-7(2-4-8)5-6-13(10,11)12/h1-6H,(H2,10,11,12)/b6-5-. The van der Waals surface area contributed by atoms with E-state index in [0.29, 0.717) is 5.56 Å². The molecule has 0 atom stereocenters. The van der Waals surface area contributed by atoms with Gasteiger partial charge in [0.05, 0.1) is 0 Å². The maximum Gasteiger partial charge on any atom is 0.231 e. The molecule has 1 rings (SSSR count). The van der Waals surface area contributed by atoms with E-state index in [1.54, 1.807) is 0 Å². The van der Waals surface area contributed by atoms with Crippen LogP contribution < -0.4 is 5.14 Å². The fraction of sp³-hybridized carbons (Fsp3) is 0. The zero-order valence-corrected chi connectivity index (χ0v) is 7.46. The molecule has 0 spiro atoms. The van der Waals surface area contributed by atoms with E-state index in [2.05, 4.69) is 0 Å². The van der Waals surface area contributed by atoms with Gasteiger partial charge in [-0.2, -0.15) is 0 Å². The van der Waals surface area contributed by atoms with Crippen LogP contribution in [0, 0.1) is 5.82 Å². The van der Waals surface area contributed by atoms with E-state index in [1.807, 2.05) is 0 Å². The van der Waals surface area contributed by atoms with Crippen molar-refractivity contribution in [3.63, 3.8) is 0 Å². The Bertz CT molecular complexity index is 408. The molecule has 70 valence electrons. The number of benzene rings is 1. The van der Waals surface area contributed by atoms with Crippen LogP contribution in [0.3, 0.4) is 0 Å². The molecule has 3 nitrogen and oxygen atoms in total. The van der Waals surface area contributed by atoms with Crippen molar-refractivity contribution >= 4 is 16.1 Å². The third kappa shape index (κ3) is 3.82. The SMILES string of the molecule is NS(=O)(=O)/C=C\c1ccc(F)cc1. The molecule has 2 N–H and O–H groups in total. The first kappa shape index (κ1) is 9.88. The van der Waals surface area contributed by atoms with Gasteiger partial charge < -0.3 is 0 Å². The van der Waals surface area contributed by atoms with Gasteiger partial charge in [-0.25, -0.2) is 17.9 Å². The van der Waals surface area contributed by atoms with Crippen molar-refractivity contribution in [2.75, 3.05) is 0 Å². The van der Waals surface area contributed by atoms with E-state index in [1.165, 1.54) is 30.3 Å². The van der Waals surface area contributed by atoms with Crippen molar-refractivity contribution in [1.82, 2.24) is 0 Å². The van der Waals surface area contributed by atoms with Gasteiger partial charge in [-0.3, -0.25) is 0 Å². The minimum absolute atomic E-state index is 0.368. The molecule has 0 bridgehead atoms. The van der Waals surface area contributed by atoms with Gasteiger partial charge >= 0.3 is 0 Å². The molecule has 5 heteroatoms. The number of hydrogen-bond donors (Lipinski definition) is 1. The Kier molecular flexibility index (Phi) is 2.79. The third-order valence-electron chi connectivity index (χ3n) is 1.32. The highest BCUT2D eigenvalue weighted by atomic mass is 32.2. The van der Waals surface area contributed by atoms with E-state index in [9.17, 15) is 12.8 Å². The maximum atomic E-state index is 12.4. The number of primary sulfonamides is 1. The monoisotopic (exact) mass is 201 g/mol. The van der Waals surface area contributed by atoms with E-state index in [4.69, 9.17) is 5.14 Å². The predicted octanol–water partition coefficient (Wildman–Crippen LogP) is 1.08. The summed E-state index contributed by atoms with van der Waals surface area (Å²) < 4.78 is 33.4. The van der Waals surface area contributed by atoms with Crippen molar-refractivity contribution < 1.29 is 12.8 Å². The Labute approximate surface area is 75.7 Å². The highest BCUT2D eigenvalue weighted by molar-refractivity contribution is 7.92. The molecule has 1 aromatic carbocycles. The van der Waals surface area contributed by atoms with Gasteiger partial charge in [0.25, 0.3) is 0 Å². The summed E-state index contributed by atoms with van der Waals surface area (Å²) in [6.07, 6.45) is 1.30. The van der Waals surface area contributed by atoms with Crippen LogP contribution >= 0.6 is 0 Å². The summed E-state index contributed by atoms with van der Waals surface area (Å²) in [5.41, 5.74) is 0.579. The van der Waals surface area contributed by atoms with Crippen LogP contribution in [0.4, 0.5) is 4.39 Å². The van der Waals surface area contributed by atoms with Crippen molar-refractivity contribution in [2.24, 2.45) is 5.14 Å². The first-order chi connectivity index (χ1) is 5.97. The van der Waals surface area contributed by atoms with E-state index < -0.39 is 10.0 Å². The topological polar surface area (TPSA) is 60.2 Å². The average molecular weight is 201 g/mol. The molecular weight excluding hydrogens is 193 g/mol. The summed E-state index contributed by atoms with van der Waals surface area (Å²) in [6, 6.07) is 5.39. The normalized spacial score (nSPS) is 12.2. The van der Waals surface area contributed by atoms with E-state index in [-0.39, 0.29) is 5.82 Å². The first-order valence-corrected chi connectivity index (χ1v) is 5.05. The molecule has 13 heavy (non-hydrogen) atoms. The lowest BCUT2D eigenvalue weighted by Crippen LogP contribution is -2.06. The Morgan fingerprint density at radius 2 is 1.77 bits per heavy atom. The molecule has 1 aromatic rings. The molecule has 0 saturated carbocycles. The van der Waals surface area contributed by atoms with Gasteiger partial charge in [0.1, 0.15) is 5.82 Å². The quantitative estimate of drug-likeness (QED) is 0.778. The number of rotatable bonds is 2. The summed E-state index contributed by atoms with van der Waals surface area (Å²) in [6.45, 7) is 0. The van der Waals surface area contributed by atoms with E-state index in [0.717, 1.165) is 5.41 Å². The molecule has 0 heterocycles. The van der Waals surface area contributed by atoms with Crippen LogP contribution in [0.1, 0.15) is 5.56 Å². The highest BCUT2D eigenvalue weighted by Gasteiger charge is 1.94. The summed E-state index contributed by atoms with van der Waals surface area (Å²) in [4.78, 5) is 0. The summed E-state index contributed by atoms with van der Waals surface area (Å²) in [7, 11) is -3.61. The molecule has 0 aliphatic heterocycles. The fourth-order valence-corrected chi connectivity index (χ4v) is 1.09. The zero-order chi connectivity index (χ0) is 9.90. The van der Waals surface area contributed by atoms with Crippen LogP contribution in [0.25, 0.3) is 6.08 Å². The molecule has 0 aliphatic carbocycles. The summed E-state index contributed by atoms with van der Waals surface area (Å²) in [5, 5.41) is 5.59. The van der Waals surface area contributed by atoms with Crippen LogP contribution in [0.5, 0.6) is 0 Å². The smallest absolute Gasteiger partial charge is 0.225 e. The minimum Gasteiger partial charge on any atom is -0.225 e. The van der Waals surface area contributed by atoms with Gasteiger partial charge in [0.15, 0.2) is 0 Å². The van der Waals surface area contributed by atoms with Gasteiger partial charge in [-0.1, -0.05) is 12.1 Å². The molecule has 0 amide bonds. The van der Waals surface area contributed by atoms with Crippen molar-refractivity contribution in [3.05, 3.63) is 41.1 Å². The van der Waals surface area contributed by atoms with Gasteiger partial charge in [0.2, 0.25) is 10.0 Å². The average Bonchev–Trinajstić information content (AvgIpc) is 2.02. The lowest BCUT2D eigenvalue weighted by molar-refractivity contribution is 0.606. The first-order valence-electron chi connectivity index (χ1n) is 3.44. The van der Waals surface area contributed by atoms with E-state index >= 15 is 0 Å². The third-order valence-corrected chi connectivity index (χ3v) is 1.84. The number of sulfonamides is 1. The Morgan fingerprint density at radius 3 is 2.23 bits per heavy atom. The number of hydrogen-bond acceptors (Lipinski definition) is 2. The largest absolute Gasteiger partial charge is 0.231 e. The summed E-state index contributed by atoms with van der Waals surface area (Å²) >= 11 is 0. The second-order valence-corrected chi connectivity index (χ2v) is 3.89. The Hall–Kier alpha value is -1.20. The molecule has 0 unspecified atom stereocenters. The highest BCUT2D eigenvalue weighted by Crippen LogP contribution is 2.04. The maximum absolute atomic E-state index is 12.4. The van der Waals surface area contributed by atoms with Crippen LogP contribution in [-0.4, -0.2) is 8.42 Å². The number of halogens is 1. The minimum atomic E-state index is -3.61. The second-order valence-electron chi connectivity index (χ2n) is 2.44. The molecule has 0 aromatic heterocycles.